The Balaban J connectivity index is 1.81. The van der Waals surface area contributed by atoms with Crippen LogP contribution in [-0.4, -0.2) is 50.3 Å². The third-order valence-corrected chi connectivity index (χ3v) is 3.91. The first-order chi connectivity index (χ1) is 11.5. The maximum absolute atomic E-state index is 13.3. The van der Waals surface area contributed by atoms with Crippen LogP contribution < -0.4 is 5.32 Å². The number of urea groups is 1. The van der Waals surface area contributed by atoms with Gasteiger partial charge in [0.1, 0.15) is 0 Å². The Bertz CT molecular complexity index is 523. The number of carbonyl (C=O) groups is 1. The predicted molar refractivity (Wildman–Crippen MR) is 87.4 cm³/mol. The average Bonchev–Trinajstić information content (AvgIpc) is 2.74. The van der Waals surface area contributed by atoms with Crippen LogP contribution in [-0.2, 0) is 16.1 Å². The van der Waals surface area contributed by atoms with Crippen LogP contribution in [0.5, 0.6) is 0 Å². The van der Waals surface area contributed by atoms with Gasteiger partial charge in [0.2, 0.25) is 5.92 Å². The number of alkyl halides is 2. The lowest BCUT2D eigenvalue weighted by atomic mass is 10.1. The number of amides is 2. The van der Waals surface area contributed by atoms with Crippen LogP contribution in [0.3, 0.4) is 0 Å². The Morgan fingerprint density at radius 1 is 1.21 bits per heavy atom. The van der Waals surface area contributed by atoms with Gasteiger partial charge in [0.05, 0.1) is 19.8 Å². The summed E-state index contributed by atoms with van der Waals surface area (Å²) in [5, 5.41) is 2.75. The molecule has 24 heavy (non-hydrogen) atoms. The summed E-state index contributed by atoms with van der Waals surface area (Å²) < 4.78 is 37.0. The van der Waals surface area contributed by atoms with Crippen LogP contribution in [0.1, 0.15) is 24.8 Å². The van der Waals surface area contributed by atoms with Crippen molar-refractivity contribution >= 4 is 11.7 Å². The molecule has 0 unspecified atom stereocenters. The van der Waals surface area contributed by atoms with Crippen molar-refractivity contribution in [3.8, 4) is 0 Å². The van der Waals surface area contributed by atoms with E-state index in [-0.39, 0.29) is 25.4 Å². The highest BCUT2D eigenvalue weighted by Gasteiger charge is 2.32. The molecule has 5 nitrogen and oxygen atoms in total. The van der Waals surface area contributed by atoms with Crippen LogP contribution >= 0.6 is 0 Å². The smallest absolute Gasteiger partial charge is 0.321 e. The quantitative estimate of drug-likeness (QED) is 0.805. The molecule has 1 aromatic carbocycles. The van der Waals surface area contributed by atoms with Crippen molar-refractivity contribution in [2.75, 3.05) is 38.7 Å². The lowest BCUT2D eigenvalue weighted by molar-refractivity contribution is -0.0121. The second kappa shape index (κ2) is 8.94. The van der Waals surface area contributed by atoms with E-state index >= 15 is 0 Å². The Kier molecular flexibility index (Phi) is 6.93. The maximum Gasteiger partial charge on any atom is 0.321 e. The van der Waals surface area contributed by atoms with E-state index < -0.39 is 5.92 Å². The van der Waals surface area contributed by atoms with Crippen molar-refractivity contribution in [1.82, 2.24) is 4.90 Å². The summed E-state index contributed by atoms with van der Waals surface area (Å²) in [4.78, 5) is 13.6. The number of anilines is 1. The van der Waals surface area contributed by atoms with Gasteiger partial charge in [-0.15, -0.1) is 0 Å². The van der Waals surface area contributed by atoms with Gasteiger partial charge >= 0.3 is 6.03 Å². The molecule has 134 valence electrons. The molecule has 7 heteroatoms. The van der Waals surface area contributed by atoms with Gasteiger partial charge in [0, 0.05) is 38.7 Å². The summed E-state index contributed by atoms with van der Waals surface area (Å²) in [7, 11) is 1.62. The van der Waals surface area contributed by atoms with Crippen LogP contribution in [0.2, 0.25) is 0 Å². The van der Waals surface area contributed by atoms with Gasteiger partial charge in [-0.1, -0.05) is 12.1 Å². The van der Waals surface area contributed by atoms with E-state index in [9.17, 15) is 13.6 Å². The SMILES string of the molecule is COCCOCc1ccc(NC(=O)N2CCCC(F)(F)CC2)cc1. The highest BCUT2D eigenvalue weighted by molar-refractivity contribution is 5.89. The third kappa shape index (κ3) is 6.05. The Morgan fingerprint density at radius 2 is 1.96 bits per heavy atom. The third-order valence-electron chi connectivity index (χ3n) is 3.91. The predicted octanol–water partition coefficient (Wildman–Crippen LogP) is 3.50. The molecule has 1 saturated heterocycles. The molecule has 1 N–H and O–H groups in total. The van der Waals surface area contributed by atoms with Crippen molar-refractivity contribution in [3.05, 3.63) is 29.8 Å². The van der Waals surface area contributed by atoms with Crippen LogP contribution in [0.4, 0.5) is 19.3 Å². The molecule has 0 aromatic heterocycles. The van der Waals surface area contributed by atoms with E-state index in [2.05, 4.69) is 5.32 Å². The highest BCUT2D eigenvalue weighted by Crippen LogP contribution is 2.28. The Hall–Kier alpha value is -1.73. The van der Waals surface area contributed by atoms with Crippen LogP contribution in [0, 0.1) is 0 Å². The molecular weight excluding hydrogens is 318 g/mol. The highest BCUT2D eigenvalue weighted by atomic mass is 19.3. The number of nitrogens with zero attached hydrogens (tertiary/aromatic N) is 1. The van der Waals surface area contributed by atoms with E-state index in [1.807, 2.05) is 12.1 Å². The summed E-state index contributed by atoms with van der Waals surface area (Å²) in [6, 6.07) is 6.94. The molecule has 1 fully saturated rings. The number of nitrogens with one attached hydrogen (secondary N) is 1. The zero-order chi connectivity index (χ0) is 17.4. The second-order valence-corrected chi connectivity index (χ2v) is 5.87. The van der Waals surface area contributed by atoms with Crippen molar-refractivity contribution < 1.29 is 23.0 Å². The van der Waals surface area contributed by atoms with Gasteiger partial charge in [-0.2, -0.15) is 0 Å². The van der Waals surface area contributed by atoms with E-state index in [4.69, 9.17) is 9.47 Å². The average molecular weight is 342 g/mol. The molecule has 1 aromatic rings. The minimum Gasteiger partial charge on any atom is -0.382 e. The molecule has 0 spiro atoms. The summed E-state index contributed by atoms with van der Waals surface area (Å²) in [5.74, 6) is -2.67. The first-order valence-electron chi connectivity index (χ1n) is 8.09. The van der Waals surface area contributed by atoms with Gasteiger partial charge in [0.25, 0.3) is 0 Å². The van der Waals surface area contributed by atoms with Crippen molar-refractivity contribution in [3.63, 3.8) is 0 Å². The lowest BCUT2D eigenvalue weighted by Crippen LogP contribution is -2.36. The molecule has 0 aliphatic carbocycles. The Labute approximate surface area is 140 Å². The number of benzene rings is 1. The summed E-state index contributed by atoms with van der Waals surface area (Å²) in [6.45, 7) is 1.97. The van der Waals surface area contributed by atoms with Gasteiger partial charge in [-0.25, -0.2) is 13.6 Å². The topological polar surface area (TPSA) is 50.8 Å². The van der Waals surface area contributed by atoms with Gasteiger partial charge < -0.3 is 19.7 Å². The molecule has 2 rings (SSSR count). The van der Waals surface area contributed by atoms with Crippen molar-refractivity contribution in [2.45, 2.75) is 31.8 Å². The number of rotatable bonds is 6. The number of ether oxygens (including phenoxy) is 2. The second-order valence-electron chi connectivity index (χ2n) is 5.87. The first kappa shape index (κ1) is 18.6. The molecule has 0 atom stereocenters. The Morgan fingerprint density at radius 3 is 2.67 bits per heavy atom. The number of hydrogen-bond acceptors (Lipinski definition) is 3. The summed E-state index contributed by atoms with van der Waals surface area (Å²) in [6.07, 6.45) is -0.120. The lowest BCUT2D eigenvalue weighted by Gasteiger charge is -2.21. The van der Waals surface area contributed by atoms with Crippen LogP contribution in [0.25, 0.3) is 0 Å². The number of carbonyl (C=O) groups excluding carboxylic acids is 1. The van der Waals surface area contributed by atoms with Gasteiger partial charge in [-0.3, -0.25) is 0 Å². The first-order valence-corrected chi connectivity index (χ1v) is 8.09. The normalized spacial score (nSPS) is 17.4. The fourth-order valence-electron chi connectivity index (χ4n) is 2.49. The minimum absolute atomic E-state index is 0.0737. The van der Waals surface area contributed by atoms with E-state index in [1.165, 1.54) is 4.90 Å². The standard InChI is InChI=1S/C17H24F2N2O3/c1-23-11-12-24-13-14-3-5-15(6-4-14)20-16(22)21-9-2-7-17(18,19)8-10-21/h3-6H,2,7-13H2,1H3,(H,20,22). The minimum atomic E-state index is -2.67. The maximum atomic E-state index is 13.3. The monoisotopic (exact) mass is 342 g/mol. The van der Waals surface area contributed by atoms with Crippen molar-refractivity contribution in [1.29, 1.82) is 0 Å². The fraction of sp³-hybridized carbons (Fsp3) is 0.588. The molecule has 0 saturated carbocycles. The van der Waals surface area contributed by atoms with Gasteiger partial charge in [-0.05, 0) is 24.1 Å². The zero-order valence-electron chi connectivity index (χ0n) is 13.9. The zero-order valence-corrected chi connectivity index (χ0v) is 13.9. The molecular formula is C17H24F2N2O3. The number of hydrogen-bond donors (Lipinski definition) is 1. The number of methoxy groups -OCH3 is 1. The van der Waals surface area contributed by atoms with Gasteiger partial charge in [0.15, 0.2) is 0 Å². The summed E-state index contributed by atoms with van der Waals surface area (Å²) >= 11 is 0. The largest absolute Gasteiger partial charge is 0.382 e. The van der Waals surface area contributed by atoms with Crippen LogP contribution in [0.15, 0.2) is 24.3 Å². The summed E-state index contributed by atoms with van der Waals surface area (Å²) in [5.41, 5.74) is 1.62. The molecule has 1 heterocycles. The molecule has 0 radical (unpaired) electrons. The van der Waals surface area contributed by atoms with E-state index in [0.29, 0.717) is 38.5 Å². The molecule has 1 aliphatic rings. The number of likely N-dealkylation sites (tertiary alicyclic amines) is 1. The molecule has 2 amide bonds. The van der Waals surface area contributed by atoms with E-state index in [0.717, 1.165) is 5.56 Å². The molecule has 1 aliphatic heterocycles. The van der Waals surface area contributed by atoms with Crippen molar-refractivity contribution in [2.24, 2.45) is 0 Å². The number of halogens is 2. The molecule has 0 bridgehead atoms. The van der Waals surface area contributed by atoms with E-state index in [1.54, 1.807) is 19.2 Å². The fourth-order valence-corrected chi connectivity index (χ4v) is 2.49.